The molecular formula is C18H18FNO3. The van der Waals surface area contributed by atoms with E-state index in [4.69, 9.17) is 4.74 Å². The lowest BCUT2D eigenvalue weighted by molar-refractivity contribution is -0.118. The zero-order valence-electron chi connectivity index (χ0n) is 13.3. The number of amides is 1. The zero-order valence-corrected chi connectivity index (χ0v) is 13.3. The summed E-state index contributed by atoms with van der Waals surface area (Å²) in [6.07, 6.45) is 0. The third-order valence-electron chi connectivity index (χ3n) is 3.34. The third kappa shape index (κ3) is 4.39. The summed E-state index contributed by atoms with van der Waals surface area (Å²) in [5, 5.41) is 2.74. The van der Waals surface area contributed by atoms with Gasteiger partial charge in [0.25, 0.3) is 5.91 Å². The molecule has 0 radical (unpaired) electrons. The van der Waals surface area contributed by atoms with Crippen LogP contribution in [-0.4, -0.2) is 18.3 Å². The third-order valence-corrected chi connectivity index (χ3v) is 3.34. The number of rotatable bonds is 5. The van der Waals surface area contributed by atoms with Crippen LogP contribution < -0.4 is 10.1 Å². The molecule has 4 nitrogen and oxygen atoms in total. The van der Waals surface area contributed by atoms with Gasteiger partial charge < -0.3 is 10.1 Å². The highest BCUT2D eigenvalue weighted by atomic mass is 19.1. The summed E-state index contributed by atoms with van der Waals surface area (Å²) in [4.78, 5) is 23.5. The number of Topliss-reactive ketones (excluding diaryl/α,β-unsaturated/α-hetero) is 1. The Morgan fingerprint density at radius 3 is 2.52 bits per heavy atom. The quantitative estimate of drug-likeness (QED) is 0.857. The number of hydrogen-bond donors (Lipinski definition) is 1. The SMILES string of the molecule is CC(=O)c1cc(F)ccc1OCC(=O)Nc1ccc(C)cc1C. The number of halogens is 1. The lowest BCUT2D eigenvalue weighted by atomic mass is 10.1. The summed E-state index contributed by atoms with van der Waals surface area (Å²) in [6, 6.07) is 9.31. The molecule has 0 heterocycles. The van der Waals surface area contributed by atoms with E-state index >= 15 is 0 Å². The van der Waals surface area contributed by atoms with E-state index in [1.54, 1.807) is 0 Å². The van der Waals surface area contributed by atoms with Gasteiger partial charge in [-0.15, -0.1) is 0 Å². The fourth-order valence-electron chi connectivity index (χ4n) is 2.19. The van der Waals surface area contributed by atoms with E-state index < -0.39 is 5.82 Å². The molecule has 0 bridgehead atoms. The second-order valence-corrected chi connectivity index (χ2v) is 5.35. The average molecular weight is 315 g/mol. The molecule has 23 heavy (non-hydrogen) atoms. The molecule has 1 N–H and O–H groups in total. The Balaban J connectivity index is 2.03. The summed E-state index contributed by atoms with van der Waals surface area (Å²) >= 11 is 0. The number of anilines is 1. The van der Waals surface area contributed by atoms with Crippen LogP contribution in [0.25, 0.3) is 0 Å². The summed E-state index contributed by atoms with van der Waals surface area (Å²) in [5.41, 5.74) is 2.87. The van der Waals surface area contributed by atoms with E-state index in [-0.39, 0.29) is 29.6 Å². The monoisotopic (exact) mass is 315 g/mol. The molecule has 5 heteroatoms. The van der Waals surface area contributed by atoms with Gasteiger partial charge in [0.1, 0.15) is 11.6 Å². The van der Waals surface area contributed by atoms with Crippen molar-refractivity contribution in [1.29, 1.82) is 0 Å². The minimum atomic E-state index is -0.526. The number of nitrogens with one attached hydrogen (secondary N) is 1. The van der Waals surface area contributed by atoms with Crippen LogP contribution in [0.1, 0.15) is 28.4 Å². The van der Waals surface area contributed by atoms with Crippen LogP contribution in [0, 0.1) is 19.7 Å². The van der Waals surface area contributed by atoms with Gasteiger partial charge in [-0.25, -0.2) is 4.39 Å². The summed E-state index contributed by atoms with van der Waals surface area (Å²) < 4.78 is 18.5. The maximum atomic E-state index is 13.2. The Morgan fingerprint density at radius 1 is 1.13 bits per heavy atom. The normalized spacial score (nSPS) is 10.3. The molecule has 0 fully saturated rings. The zero-order chi connectivity index (χ0) is 17.0. The van der Waals surface area contributed by atoms with Gasteiger partial charge in [-0.1, -0.05) is 17.7 Å². The number of carbonyl (C=O) groups is 2. The fourth-order valence-corrected chi connectivity index (χ4v) is 2.19. The molecule has 0 aliphatic carbocycles. The Hall–Kier alpha value is -2.69. The first-order valence-electron chi connectivity index (χ1n) is 7.17. The maximum Gasteiger partial charge on any atom is 0.262 e. The average Bonchev–Trinajstić information content (AvgIpc) is 2.48. The molecule has 0 spiro atoms. The van der Waals surface area contributed by atoms with E-state index in [2.05, 4.69) is 5.32 Å². The molecule has 0 aliphatic heterocycles. The molecule has 0 saturated heterocycles. The number of carbonyl (C=O) groups excluding carboxylic acids is 2. The number of benzene rings is 2. The van der Waals surface area contributed by atoms with Crippen molar-refractivity contribution in [3.63, 3.8) is 0 Å². The van der Waals surface area contributed by atoms with Crippen molar-refractivity contribution in [2.24, 2.45) is 0 Å². The molecule has 0 unspecified atom stereocenters. The first-order chi connectivity index (χ1) is 10.9. The largest absolute Gasteiger partial charge is 0.483 e. The molecule has 1 amide bonds. The molecule has 2 rings (SSSR count). The van der Waals surface area contributed by atoms with Crippen molar-refractivity contribution in [1.82, 2.24) is 0 Å². The Bertz CT molecular complexity index is 756. The van der Waals surface area contributed by atoms with Gasteiger partial charge in [-0.3, -0.25) is 9.59 Å². The Kier molecular flexibility index (Phi) is 5.11. The van der Waals surface area contributed by atoms with E-state index in [1.807, 2.05) is 32.0 Å². The number of ketones is 1. The minimum Gasteiger partial charge on any atom is -0.483 e. The second kappa shape index (κ2) is 7.05. The van der Waals surface area contributed by atoms with Gasteiger partial charge in [0, 0.05) is 5.69 Å². The van der Waals surface area contributed by atoms with E-state index in [0.717, 1.165) is 17.2 Å². The fraction of sp³-hybridized carbons (Fsp3) is 0.222. The molecule has 120 valence electrons. The van der Waals surface area contributed by atoms with Crippen LogP contribution in [-0.2, 0) is 4.79 Å². The second-order valence-electron chi connectivity index (χ2n) is 5.35. The van der Waals surface area contributed by atoms with Gasteiger partial charge in [0.2, 0.25) is 0 Å². The van der Waals surface area contributed by atoms with Crippen LogP contribution >= 0.6 is 0 Å². The molecule has 0 atom stereocenters. The highest BCUT2D eigenvalue weighted by Crippen LogP contribution is 2.21. The summed E-state index contributed by atoms with van der Waals surface area (Å²) in [7, 11) is 0. The van der Waals surface area contributed by atoms with E-state index in [9.17, 15) is 14.0 Å². The van der Waals surface area contributed by atoms with Crippen molar-refractivity contribution in [2.45, 2.75) is 20.8 Å². The van der Waals surface area contributed by atoms with E-state index in [0.29, 0.717) is 5.69 Å². The van der Waals surface area contributed by atoms with Crippen LogP contribution in [0.4, 0.5) is 10.1 Å². The minimum absolute atomic E-state index is 0.115. The number of ether oxygens (including phenoxy) is 1. The number of hydrogen-bond acceptors (Lipinski definition) is 3. The standard InChI is InChI=1S/C18H18FNO3/c1-11-4-6-16(12(2)8-11)20-18(22)10-23-17-7-5-14(19)9-15(17)13(3)21/h4-9H,10H2,1-3H3,(H,20,22). The van der Waals surface area contributed by atoms with Crippen molar-refractivity contribution in [2.75, 3.05) is 11.9 Å². The lowest BCUT2D eigenvalue weighted by Crippen LogP contribution is -2.21. The Morgan fingerprint density at radius 2 is 1.87 bits per heavy atom. The molecule has 0 aliphatic rings. The van der Waals surface area contributed by atoms with Crippen LogP contribution in [0.5, 0.6) is 5.75 Å². The first-order valence-corrected chi connectivity index (χ1v) is 7.17. The van der Waals surface area contributed by atoms with Crippen molar-refractivity contribution < 1.29 is 18.7 Å². The molecule has 0 saturated carbocycles. The van der Waals surface area contributed by atoms with Gasteiger partial charge in [0.05, 0.1) is 5.56 Å². The van der Waals surface area contributed by atoms with E-state index in [1.165, 1.54) is 19.1 Å². The highest BCUT2D eigenvalue weighted by molar-refractivity contribution is 5.97. The van der Waals surface area contributed by atoms with Crippen LogP contribution in [0.2, 0.25) is 0 Å². The lowest BCUT2D eigenvalue weighted by Gasteiger charge is -2.12. The van der Waals surface area contributed by atoms with Crippen LogP contribution in [0.15, 0.2) is 36.4 Å². The highest BCUT2D eigenvalue weighted by Gasteiger charge is 2.12. The topological polar surface area (TPSA) is 55.4 Å². The molecule has 2 aromatic rings. The van der Waals surface area contributed by atoms with Gasteiger partial charge in [0.15, 0.2) is 12.4 Å². The first kappa shape index (κ1) is 16.7. The molecule has 2 aromatic carbocycles. The number of aryl methyl sites for hydroxylation is 2. The predicted octanol–water partition coefficient (Wildman–Crippen LogP) is 3.66. The maximum absolute atomic E-state index is 13.2. The van der Waals surface area contributed by atoms with Crippen molar-refractivity contribution >= 4 is 17.4 Å². The summed E-state index contributed by atoms with van der Waals surface area (Å²) in [5.74, 6) is -1.01. The molecular weight excluding hydrogens is 297 g/mol. The predicted molar refractivity (Wildman–Crippen MR) is 86.4 cm³/mol. The van der Waals surface area contributed by atoms with Crippen molar-refractivity contribution in [3.8, 4) is 5.75 Å². The van der Waals surface area contributed by atoms with Gasteiger partial charge in [-0.2, -0.15) is 0 Å². The van der Waals surface area contributed by atoms with Crippen molar-refractivity contribution in [3.05, 3.63) is 58.9 Å². The van der Waals surface area contributed by atoms with Crippen LogP contribution in [0.3, 0.4) is 0 Å². The van der Waals surface area contributed by atoms with Gasteiger partial charge >= 0.3 is 0 Å². The summed E-state index contributed by atoms with van der Waals surface area (Å²) in [6.45, 7) is 4.92. The van der Waals surface area contributed by atoms with Gasteiger partial charge in [-0.05, 0) is 50.6 Å². The smallest absolute Gasteiger partial charge is 0.262 e. The molecule has 0 aromatic heterocycles. The Labute approximate surface area is 134 Å².